The third-order valence-corrected chi connectivity index (χ3v) is 3.81. The maximum absolute atomic E-state index is 12.3. The minimum absolute atomic E-state index is 0.0300. The van der Waals surface area contributed by atoms with Crippen molar-refractivity contribution in [2.75, 3.05) is 16.9 Å². The summed E-state index contributed by atoms with van der Waals surface area (Å²) >= 11 is 0. The van der Waals surface area contributed by atoms with E-state index < -0.39 is 0 Å². The summed E-state index contributed by atoms with van der Waals surface area (Å²) in [7, 11) is 0. The van der Waals surface area contributed by atoms with Crippen LogP contribution in [0.3, 0.4) is 0 Å². The summed E-state index contributed by atoms with van der Waals surface area (Å²) in [5.41, 5.74) is 5.65. The fourth-order valence-corrected chi connectivity index (χ4v) is 2.60. The third kappa shape index (κ3) is 2.69. The lowest BCUT2D eigenvalue weighted by atomic mass is 10.1. The highest BCUT2D eigenvalue weighted by Crippen LogP contribution is 2.28. The largest absolute Gasteiger partial charge is 0.311 e. The first-order valence-electron chi connectivity index (χ1n) is 7.07. The van der Waals surface area contributed by atoms with Gasteiger partial charge >= 0.3 is 0 Å². The molecule has 3 rings (SSSR count). The second-order valence-corrected chi connectivity index (χ2v) is 5.54. The molecule has 2 heterocycles. The van der Waals surface area contributed by atoms with Gasteiger partial charge in [-0.25, -0.2) is 4.68 Å². The molecule has 0 saturated carbocycles. The Morgan fingerprint density at radius 3 is 2.73 bits per heavy atom. The number of hydrogen-bond acceptors (Lipinski definition) is 4. The molecular formula is C15H17N5O2. The smallest absolute Gasteiger partial charge is 0.244 e. The summed E-state index contributed by atoms with van der Waals surface area (Å²) in [5.74, 6) is -0.617. The summed E-state index contributed by atoms with van der Waals surface area (Å²) in [6, 6.07) is 5.98. The number of hydrogen-bond donors (Lipinski definition) is 1. The van der Waals surface area contributed by atoms with Crippen LogP contribution in [-0.2, 0) is 9.59 Å². The van der Waals surface area contributed by atoms with E-state index in [1.807, 2.05) is 32.0 Å². The van der Waals surface area contributed by atoms with Crippen LogP contribution in [-0.4, -0.2) is 33.2 Å². The molecule has 0 bridgehead atoms. The lowest BCUT2D eigenvalue weighted by molar-refractivity contribution is -0.123. The van der Waals surface area contributed by atoms with Gasteiger partial charge < -0.3 is 4.90 Å². The van der Waals surface area contributed by atoms with Crippen LogP contribution in [0.2, 0.25) is 0 Å². The predicted octanol–water partition coefficient (Wildman–Crippen LogP) is 1.02. The first-order chi connectivity index (χ1) is 10.5. The van der Waals surface area contributed by atoms with Gasteiger partial charge in [-0.15, -0.1) is 10.2 Å². The number of aromatic nitrogens is 3. The summed E-state index contributed by atoms with van der Waals surface area (Å²) in [6.45, 7) is 4.34. The second kappa shape index (κ2) is 5.59. The molecular weight excluding hydrogens is 282 g/mol. The van der Waals surface area contributed by atoms with E-state index in [1.54, 1.807) is 4.90 Å². The molecule has 1 aromatic carbocycles. The van der Waals surface area contributed by atoms with Crippen LogP contribution in [0.25, 0.3) is 0 Å². The zero-order chi connectivity index (χ0) is 15.7. The Morgan fingerprint density at radius 2 is 2.00 bits per heavy atom. The minimum Gasteiger partial charge on any atom is -0.311 e. The number of carbonyl (C=O) groups excluding carboxylic acids is 2. The number of carbonyl (C=O) groups is 2. The van der Waals surface area contributed by atoms with E-state index in [9.17, 15) is 9.59 Å². The van der Waals surface area contributed by atoms with E-state index in [4.69, 9.17) is 0 Å². The zero-order valence-corrected chi connectivity index (χ0v) is 12.5. The average Bonchev–Trinajstić information content (AvgIpc) is 3.11. The van der Waals surface area contributed by atoms with E-state index in [1.165, 1.54) is 17.3 Å². The van der Waals surface area contributed by atoms with Crippen LogP contribution in [0.5, 0.6) is 0 Å². The van der Waals surface area contributed by atoms with Gasteiger partial charge in [0.15, 0.2) is 0 Å². The van der Waals surface area contributed by atoms with E-state index in [-0.39, 0.29) is 24.2 Å². The van der Waals surface area contributed by atoms with Crippen LogP contribution in [0.1, 0.15) is 17.5 Å². The highest BCUT2D eigenvalue weighted by Gasteiger charge is 2.35. The Balaban J connectivity index is 1.75. The molecule has 7 nitrogen and oxygen atoms in total. The van der Waals surface area contributed by atoms with Crippen LogP contribution in [0.15, 0.2) is 30.9 Å². The third-order valence-electron chi connectivity index (χ3n) is 3.81. The Morgan fingerprint density at radius 1 is 1.27 bits per heavy atom. The number of benzene rings is 1. The molecule has 1 fully saturated rings. The van der Waals surface area contributed by atoms with Gasteiger partial charge in [0.2, 0.25) is 11.8 Å². The van der Waals surface area contributed by atoms with Gasteiger partial charge in [0.25, 0.3) is 0 Å². The molecule has 22 heavy (non-hydrogen) atoms. The van der Waals surface area contributed by atoms with E-state index in [2.05, 4.69) is 15.6 Å². The quantitative estimate of drug-likeness (QED) is 0.917. The molecule has 2 aromatic rings. The maximum Gasteiger partial charge on any atom is 0.244 e. The Hall–Kier alpha value is -2.70. The summed E-state index contributed by atoms with van der Waals surface area (Å²) in [6.07, 6.45) is 3.01. The van der Waals surface area contributed by atoms with Gasteiger partial charge in [0.1, 0.15) is 12.7 Å². The molecule has 1 aliphatic rings. The Bertz CT molecular complexity index is 711. The van der Waals surface area contributed by atoms with Crippen molar-refractivity contribution in [3.8, 4) is 0 Å². The van der Waals surface area contributed by atoms with E-state index in [0.29, 0.717) is 6.54 Å². The molecule has 1 aliphatic heterocycles. The zero-order valence-electron chi connectivity index (χ0n) is 12.5. The van der Waals surface area contributed by atoms with Crippen molar-refractivity contribution in [2.45, 2.75) is 20.3 Å². The number of anilines is 1. The molecule has 0 spiro atoms. The Kier molecular flexibility index (Phi) is 3.62. The minimum atomic E-state index is -0.380. The van der Waals surface area contributed by atoms with Crippen molar-refractivity contribution in [1.29, 1.82) is 0 Å². The number of nitrogens with one attached hydrogen (secondary N) is 1. The maximum atomic E-state index is 12.3. The van der Waals surface area contributed by atoms with Gasteiger partial charge in [-0.05, 0) is 31.0 Å². The number of rotatable bonds is 3. The van der Waals surface area contributed by atoms with Crippen LogP contribution in [0.4, 0.5) is 5.69 Å². The van der Waals surface area contributed by atoms with Crippen molar-refractivity contribution in [1.82, 2.24) is 14.9 Å². The fourth-order valence-electron chi connectivity index (χ4n) is 2.60. The lowest BCUT2D eigenvalue weighted by Crippen LogP contribution is -2.31. The van der Waals surface area contributed by atoms with Crippen molar-refractivity contribution in [2.24, 2.45) is 5.92 Å². The molecule has 1 saturated heterocycles. The topological polar surface area (TPSA) is 80.1 Å². The van der Waals surface area contributed by atoms with Crippen molar-refractivity contribution < 1.29 is 9.59 Å². The molecule has 1 N–H and O–H groups in total. The molecule has 1 atom stereocenters. The number of amides is 2. The Labute approximate surface area is 127 Å². The van der Waals surface area contributed by atoms with Gasteiger partial charge in [-0.2, -0.15) is 0 Å². The van der Waals surface area contributed by atoms with E-state index in [0.717, 1.165) is 16.8 Å². The molecule has 1 aromatic heterocycles. The molecule has 7 heteroatoms. The normalized spacial score (nSPS) is 17.8. The van der Waals surface area contributed by atoms with Gasteiger partial charge in [0, 0.05) is 18.7 Å². The van der Waals surface area contributed by atoms with Crippen molar-refractivity contribution in [3.05, 3.63) is 42.0 Å². The van der Waals surface area contributed by atoms with Gasteiger partial charge in [-0.3, -0.25) is 15.0 Å². The summed E-state index contributed by atoms with van der Waals surface area (Å²) in [4.78, 5) is 26.2. The SMILES string of the molecule is Cc1ccc(C)c(N2CC(C(=O)Nn3cnnc3)CC2=O)c1. The molecule has 1 unspecified atom stereocenters. The molecule has 114 valence electrons. The van der Waals surface area contributed by atoms with Crippen molar-refractivity contribution in [3.63, 3.8) is 0 Å². The lowest BCUT2D eigenvalue weighted by Gasteiger charge is -2.19. The highest BCUT2D eigenvalue weighted by atomic mass is 16.2. The van der Waals surface area contributed by atoms with Crippen molar-refractivity contribution >= 4 is 17.5 Å². The molecule has 0 radical (unpaired) electrons. The van der Waals surface area contributed by atoms with Gasteiger partial charge in [0.05, 0.1) is 5.92 Å². The molecule has 2 amide bonds. The van der Waals surface area contributed by atoms with Crippen LogP contribution in [0, 0.1) is 19.8 Å². The summed E-state index contributed by atoms with van der Waals surface area (Å²) in [5, 5.41) is 7.24. The first-order valence-corrected chi connectivity index (χ1v) is 7.07. The standard InChI is InChI=1S/C15H17N5O2/c1-10-3-4-11(2)13(5-10)20-7-12(6-14(20)21)15(22)18-19-8-16-17-9-19/h3-5,8-9,12H,6-7H2,1-2H3,(H,18,22). The predicted molar refractivity (Wildman–Crippen MR) is 80.8 cm³/mol. The second-order valence-electron chi connectivity index (χ2n) is 5.54. The fraction of sp³-hybridized carbons (Fsp3) is 0.333. The van der Waals surface area contributed by atoms with Crippen LogP contribution >= 0.6 is 0 Å². The number of nitrogens with zero attached hydrogens (tertiary/aromatic N) is 4. The molecule has 0 aliphatic carbocycles. The number of aryl methyl sites for hydroxylation is 2. The highest BCUT2D eigenvalue weighted by molar-refractivity contribution is 6.02. The van der Waals surface area contributed by atoms with E-state index >= 15 is 0 Å². The first kappa shape index (κ1) is 14.2. The average molecular weight is 299 g/mol. The summed E-state index contributed by atoms with van der Waals surface area (Å²) < 4.78 is 1.38. The van der Waals surface area contributed by atoms with Crippen LogP contribution < -0.4 is 10.3 Å². The van der Waals surface area contributed by atoms with Gasteiger partial charge in [-0.1, -0.05) is 12.1 Å². The monoisotopic (exact) mass is 299 g/mol.